The van der Waals surface area contributed by atoms with Crippen molar-refractivity contribution in [3.05, 3.63) is 35.0 Å². The Morgan fingerprint density at radius 2 is 1.71 bits per heavy atom. The highest BCUT2D eigenvalue weighted by Crippen LogP contribution is 2.35. The number of alkyl halides is 3. The number of nitrogens with zero attached hydrogens (tertiary/aromatic N) is 1. The molecule has 1 heterocycles. The number of rotatable bonds is 1. The number of benzene rings is 1. The molecule has 0 atom stereocenters. The van der Waals surface area contributed by atoms with Crippen LogP contribution in [0.5, 0.6) is 0 Å². The molecule has 0 amide bonds. The number of hydrogen-bond acceptors (Lipinski definition) is 3. The fourth-order valence-corrected chi connectivity index (χ4v) is 2.34. The number of carboxylic acid groups (broad SMARTS) is 1. The van der Waals surface area contributed by atoms with Crippen LogP contribution in [0.4, 0.5) is 18.0 Å². The zero-order valence-electron chi connectivity index (χ0n) is 13.5. The summed E-state index contributed by atoms with van der Waals surface area (Å²) in [6.45, 7) is 5.99. The van der Waals surface area contributed by atoms with E-state index >= 15 is 0 Å². The molecule has 0 aliphatic carbocycles. The molecule has 0 unspecified atom stereocenters. The van der Waals surface area contributed by atoms with Gasteiger partial charge in [-0.25, -0.2) is 14.2 Å². The van der Waals surface area contributed by atoms with E-state index in [2.05, 4.69) is 0 Å². The zero-order valence-corrected chi connectivity index (χ0v) is 13.5. The quantitative estimate of drug-likeness (QED) is 0.830. The van der Waals surface area contributed by atoms with Gasteiger partial charge in [-0.05, 0) is 51.5 Å². The van der Waals surface area contributed by atoms with Crippen LogP contribution in [0.3, 0.4) is 0 Å². The molecule has 0 saturated heterocycles. The van der Waals surface area contributed by atoms with Crippen molar-refractivity contribution in [2.45, 2.75) is 39.5 Å². The number of halogens is 3. The Hall–Kier alpha value is -2.51. The highest BCUT2D eigenvalue weighted by molar-refractivity contribution is 6.01. The van der Waals surface area contributed by atoms with E-state index < -0.39 is 35.1 Å². The SMILES string of the molecule is Cc1cc2cc(C(=O)O)n(C(=O)OC(C)(C)C)c2cc1C(F)(F)F. The van der Waals surface area contributed by atoms with E-state index in [0.29, 0.717) is 4.57 Å². The summed E-state index contributed by atoms with van der Waals surface area (Å²) in [6, 6.07) is 3.11. The smallest absolute Gasteiger partial charge is 0.419 e. The number of ether oxygens (including phenoxy) is 1. The fourth-order valence-electron chi connectivity index (χ4n) is 2.34. The second-order valence-electron chi connectivity index (χ2n) is 6.37. The van der Waals surface area contributed by atoms with Crippen LogP contribution in [0, 0.1) is 6.92 Å². The van der Waals surface area contributed by atoms with Crippen LogP contribution in [0.1, 0.15) is 42.4 Å². The maximum Gasteiger partial charge on any atom is 0.419 e. The van der Waals surface area contributed by atoms with E-state index in [4.69, 9.17) is 4.74 Å². The largest absolute Gasteiger partial charge is 0.477 e. The lowest BCUT2D eigenvalue weighted by atomic mass is 10.1. The molecule has 0 radical (unpaired) electrons. The average Bonchev–Trinajstić information content (AvgIpc) is 2.72. The fraction of sp³-hybridized carbons (Fsp3) is 0.375. The first-order chi connectivity index (χ1) is 10.8. The average molecular weight is 343 g/mol. The predicted octanol–water partition coefficient (Wildman–Crippen LogP) is 4.45. The summed E-state index contributed by atoms with van der Waals surface area (Å²) in [6.07, 6.45) is -5.67. The Labute approximate surface area is 135 Å². The lowest BCUT2D eigenvalue weighted by Crippen LogP contribution is -2.28. The summed E-state index contributed by atoms with van der Waals surface area (Å²) in [5, 5.41) is 9.47. The van der Waals surface area contributed by atoms with E-state index in [0.717, 1.165) is 12.1 Å². The summed E-state index contributed by atoms with van der Waals surface area (Å²) in [7, 11) is 0. The number of fused-ring (bicyclic) bond motifs is 1. The lowest BCUT2D eigenvalue weighted by molar-refractivity contribution is -0.138. The van der Waals surface area contributed by atoms with Crippen molar-refractivity contribution in [2.24, 2.45) is 0 Å². The van der Waals surface area contributed by atoms with Crippen molar-refractivity contribution in [2.75, 3.05) is 0 Å². The Morgan fingerprint density at radius 3 is 2.17 bits per heavy atom. The van der Waals surface area contributed by atoms with Crippen molar-refractivity contribution >= 4 is 23.0 Å². The predicted molar refractivity (Wildman–Crippen MR) is 80.3 cm³/mol. The first-order valence-corrected chi connectivity index (χ1v) is 7.01. The van der Waals surface area contributed by atoms with Crippen LogP contribution >= 0.6 is 0 Å². The van der Waals surface area contributed by atoms with E-state index in [1.54, 1.807) is 20.8 Å². The van der Waals surface area contributed by atoms with Crippen molar-refractivity contribution in [3.8, 4) is 0 Å². The number of carbonyl (C=O) groups excluding carboxylic acids is 1. The molecule has 0 fully saturated rings. The second-order valence-corrected chi connectivity index (χ2v) is 6.37. The number of aromatic nitrogens is 1. The second kappa shape index (κ2) is 5.54. The van der Waals surface area contributed by atoms with Crippen LogP contribution < -0.4 is 0 Å². The minimum atomic E-state index is -4.62. The molecule has 2 aromatic rings. The van der Waals surface area contributed by atoms with Crippen molar-refractivity contribution in [1.82, 2.24) is 4.57 Å². The molecule has 1 N–H and O–H groups in total. The monoisotopic (exact) mass is 343 g/mol. The van der Waals surface area contributed by atoms with Gasteiger partial charge in [0.05, 0.1) is 11.1 Å². The van der Waals surface area contributed by atoms with Crippen LogP contribution in [-0.2, 0) is 10.9 Å². The van der Waals surface area contributed by atoms with E-state index in [1.165, 1.54) is 13.0 Å². The number of aryl methyl sites for hydroxylation is 1. The Morgan fingerprint density at radius 1 is 1.12 bits per heavy atom. The molecule has 1 aromatic heterocycles. The summed E-state index contributed by atoms with van der Waals surface area (Å²) >= 11 is 0. The zero-order chi connectivity index (χ0) is 18.4. The molecule has 0 spiro atoms. The van der Waals surface area contributed by atoms with Gasteiger partial charge in [0.15, 0.2) is 0 Å². The molecule has 0 saturated carbocycles. The third kappa shape index (κ3) is 3.37. The molecule has 5 nitrogen and oxygen atoms in total. The topological polar surface area (TPSA) is 68.5 Å². The van der Waals surface area contributed by atoms with Gasteiger partial charge in [-0.15, -0.1) is 0 Å². The molecule has 24 heavy (non-hydrogen) atoms. The number of aromatic carboxylic acids is 1. The van der Waals surface area contributed by atoms with Crippen LogP contribution in [0.15, 0.2) is 18.2 Å². The maximum atomic E-state index is 13.1. The molecular formula is C16H16F3NO4. The minimum absolute atomic E-state index is 0.0618. The first kappa shape index (κ1) is 17.8. The van der Waals surface area contributed by atoms with Crippen molar-refractivity contribution < 1.29 is 32.6 Å². The standard InChI is InChI=1S/C16H16F3NO4/c1-8-5-9-6-12(13(21)22)20(14(23)24-15(2,3)4)11(9)7-10(8)16(17,18)19/h5-7H,1-4H3,(H,21,22). The van der Waals surface area contributed by atoms with E-state index in [1.807, 2.05) is 0 Å². The van der Waals surface area contributed by atoms with Gasteiger partial charge in [0.2, 0.25) is 0 Å². The molecule has 8 heteroatoms. The third-order valence-corrected chi connectivity index (χ3v) is 3.25. The normalized spacial score (nSPS) is 12.5. The molecule has 2 rings (SSSR count). The molecule has 0 bridgehead atoms. The van der Waals surface area contributed by atoms with Gasteiger partial charge in [-0.3, -0.25) is 0 Å². The molecule has 130 valence electrons. The van der Waals surface area contributed by atoms with Crippen molar-refractivity contribution in [3.63, 3.8) is 0 Å². The Bertz CT molecular complexity index is 828. The van der Waals surface area contributed by atoms with Crippen LogP contribution in [0.25, 0.3) is 10.9 Å². The Kier molecular flexibility index (Phi) is 4.12. The molecule has 0 aliphatic rings. The number of carbonyl (C=O) groups is 2. The van der Waals surface area contributed by atoms with Gasteiger partial charge in [-0.1, -0.05) is 0 Å². The van der Waals surface area contributed by atoms with Crippen LogP contribution in [-0.4, -0.2) is 27.3 Å². The van der Waals surface area contributed by atoms with E-state index in [-0.39, 0.29) is 16.5 Å². The first-order valence-electron chi connectivity index (χ1n) is 7.01. The molecular weight excluding hydrogens is 327 g/mol. The summed E-state index contributed by atoms with van der Waals surface area (Å²) in [5.74, 6) is -1.44. The van der Waals surface area contributed by atoms with Gasteiger partial charge in [0.1, 0.15) is 11.3 Å². The minimum Gasteiger partial charge on any atom is -0.477 e. The maximum absolute atomic E-state index is 13.1. The van der Waals surface area contributed by atoms with Crippen molar-refractivity contribution in [1.29, 1.82) is 0 Å². The molecule has 0 aliphatic heterocycles. The summed E-state index contributed by atoms with van der Waals surface area (Å²) in [4.78, 5) is 23.7. The molecule has 1 aromatic carbocycles. The highest BCUT2D eigenvalue weighted by atomic mass is 19.4. The van der Waals surface area contributed by atoms with Gasteiger partial charge >= 0.3 is 18.2 Å². The summed E-state index contributed by atoms with van der Waals surface area (Å²) in [5.41, 5.74) is -2.55. The lowest BCUT2D eigenvalue weighted by Gasteiger charge is -2.20. The van der Waals surface area contributed by atoms with E-state index in [9.17, 15) is 27.9 Å². The highest BCUT2D eigenvalue weighted by Gasteiger charge is 2.34. The number of carboxylic acids is 1. The summed E-state index contributed by atoms with van der Waals surface area (Å²) < 4.78 is 45.1. The van der Waals surface area contributed by atoms with Crippen LogP contribution in [0.2, 0.25) is 0 Å². The Balaban J connectivity index is 2.77. The van der Waals surface area contributed by atoms with Gasteiger partial charge in [-0.2, -0.15) is 13.2 Å². The third-order valence-electron chi connectivity index (χ3n) is 3.25. The van der Waals surface area contributed by atoms with Gasteiger partial charge in [0, 0.05) is 5.39 Å². The van der Waals surface area contributed by atoms with Gasteiger partial charge < -0.3 is 9.84 Å². The number of hydrogen-bond donors (Lipinski definition) is 1. The van der Waals surface area contributed by atoms with Gasteiger partial charge in [0.25, 0.3) is 0 Å².